The highest BCUT2D eigenvalue weighted by atomic mass is 16.5. The fourth-order valence-electron chi connectivity index (χ4n) is 2.10. The molecular formula is C15H25NO. The lowest BCUT2D eigenvalue weighted by molar-refractivity contribution is 0.392. The molecule has 0 saturated carbocycles. The highest BCUT2D eigenvalue weighted by Gasteiger charge is 2.16. The number of hydrogen-bond donors (Lipinski definition) is 1. The number of hydrogen-bond acceptors (Lipinski definition) is 2. The van der Waals surface area contributed by atoms with Crippen LogP contribution in [0.5, 0.6) is 5.75 Å². The van der Waals surface area contributed by atoms with Gasteiger partial charge in [0.2, 0.25) is 0 Å². The Labute approximate surface area is 105 Å². The average Bonchev–Trinajstić information content (AvgIpc) is 2.31. The van der Waals surface area contributed by atoms with E-state index in [4.69, 9.17) is 10.5 Å². The van der Waals surface area contributed by atoms with E-state index < -0.39 is 0 Å². The van der Waals surface area contributed by atoms with E-state index in [-0.39, 0.29) is 6.04 Å². The standard InChI is InChI=1S/C15H25NO/c1-6-10(2)9-14(16)13-8-7-11(3)12(4)15(13)17-5/h7-8,10,14H,6,9,16H2,1-5H3. The summed E-state index contributed by atoms with van der Waals surface area (Å²) in [7, 11) is 1.72. The van der Waals surface area contributed by atoms with Gasteiger partial charge in [-0.05, 0) is 37.3 Å². The molecule has 17 heavy (non-hydrogen) atoms. The molecule has 0 aliphatic rings. The van der Waals surface area contributed by atoms with Crippen molar-refractivity contribution in [1.82, 2.24) is 0 Å². The van der Waals surface area contributed by atoms with Crippen molar-refractivity contribution < 1.29 is 4.74 Å². The third-order valence-electron chi connectivity index (χ3n) is 3.66. The Bertz CT molecular complexity index is 373. The summed E-state index contributed by atoms with van der Waals surface area (Å²) in [4.78, 5) is 0. The fourth-order valence-corrected chi connectivity index (χ4v) is 2.10. The van der Waals surface area contributed by atoms with Crippen molar-refractivity contribution in [3.8, 4) is 5.75 Å². The Hall–Kier alpha value is -1.02. The summed E-state index contributed by atoms with van der Waals surface area (Å²) in [6.45, 7) is 8.64. The molecule has 0 saturated heterocycles. The van der Waals surface area contributed by atoms with Crippen molar-refractivity contribution >= 4 is 0 Å². The lowest BCUT2D eigenvalue weighted by Crippen LogP contribution is -2.15. The molecule has 96 valence electrons. The largest absolute Gasteiger partial charge is 0.496 e. The van der Waals surface area contributed by atoms with Gasteiger partial charge in [0.25, 0.3) is 0 Å². The second-order valence-electron chi connectivity index (χ2n) is 4.99. The Morgan fingerprint density at radius 3 is 2.47 bits per heavy atom. The zero-order chi connectivity index (χ0) is 13.0. The van der Waals surface area contributed by atoms with E-state index in [1.807, 2.05) is 0 Å². The molecule has 0 fully saturated rings. The Morgan fingerprint density at radius 1 is 1.29 bits per heavy atom. The summed E-state index contributed by atoms with van der Waals surface area (Å²) in [5, 5.41) is 0. The third kappa shape index (κ3) is 3.22. The maximum atomic E-state index is 6.29. The fraction of sp³-hybridized carbons (Fsp3) is 0.600. The van der Waals surface area contributed by atoms with Crippen LogP contribution in [0, 0.1) is 19.8 Å². The molecule has 0 bridgehead atoms. The van der Waals surface area contributed by atoms with Gasteiger partial charge < -0.3 is 10.5 Å². The first kappa shape index (κ1) is 14.0. The van der Waals surface area contributed by atoms with Crippen LogP contribution in [-0.4, -0.2) is 7.11 Å². The molecule has 2 heteroatoms. The minimum atomic E-state index is 0.0687. The number of rotatable bonds is 5. The highest BCUT2D eigenvalue weighted by Crippen LogP contribution is 2.32. The van der Waals surface area contributed by atoms with Crippen LogP contribution in [0.3, 0.4) is 0 Å². The number of ether oxygens (including phenoxy) is 1. The molecule has 0 aliphatic carbocycles. The molecule has 1 rings (SSSR count). The van der Waals surface area contributed by atoms with Crippen LogP contribution in [0.1, 0.15) is 49.4 Å². The lowest BCUT2D eigenvalue weighted by Gasteiger charge is -2.21. The molecule has 2 unspecified atom stereocenters. The van der Waals surface area contributed by atoms with Crippen molar-refractivity contribution in [2.45, 2.75) is 46.6 Å². The number of benzene rings is 1. The van der Waals surface area contributed by atoms with Crippen molar-refractivity contribution in [1.29, 1.82) is 0 Å². The second-order valence-corrected chi connectivity index (χ2v) is 4.99. The van der Waals surface area contributed by atoms with Gasteiger partial charge in [0.15, 0.2) is 0 Å². The van der Waals surface area contributed by atoms with E-state index in [9.17, 15) is 0 Å². The van der Waals surface area contributed by atoms with Crippen LogP contribution in [0.2, 0.25) is 0 Å². The summed E-state index contributed by atoms with van der Waals surface area (Å²) in [5.41, 5.74) is 9.87. The molecule has 2 N–H and O–H groups in total. The predicted molar refractivity (Wildman–Crippen MR) is 73.5 cm³/mol. The lowest BCUT2D eigenvalue weighted by atomic mass is 9.92. The van der Waals surface area contributed by atoms with E-state index in [0.29, 0.717) is 5.92 Å². The SMILES string of the molecule is CCC(C)CC(N)c1ccc(C)c(C)c1OC. The number of nitrogens with two attached hydrogens (primary N) is 1. The molecule has 0 spiro atoms. The van der Waals surface area contributed by atoms with Gasteiger partial charge in [-0.2, -0.15) is 0 Å². The van der Waals surface area contributed by atoms with Gasteiger partial charge in [0, 0.05) is 11.6 Å². The molecule has 0 aliphatic heterocycles. The van der Waals surface area contributed by atoms with Gasteiger partial charge in [-0.1, -0.05) is 32.4 Å². The minimum Gasteiger partial charge on any atom is -0.496 e. The van der Waals surface area contributed by atoms with E-state index in [2.05, 4.69) is 39.8 Å². The topological polar surface area (TPSA) is 35.2 Å². The van der Waals surface area contributed by atoms with Crippen molar-refractivity contribution in [3.63, 3.8) is 0 Å². The van der Waals surface area contributed by atoms with Crippen molar-refractivity contribution in [3.05, 3.63) is 28.8 Å². The number of aryl methyl sites for hydroxylation is 1. The van der Waals surface area contributed by atoms with Gasteiger partial charge in [0.1, 0.15) is 5.75 Å². The Kier molecular flexibility index (Phi) is 5.01. The smallest absolute Gasteiger partial charge is 0.126 e. The van der Waals surface area contributed by atoms with Crippen LogP contribution in [0.15, 0.2) is 12.1 Å². The molecule has 0 radical (unpaired) electrons. The third-order valence-corrected chi connectivity index (χ3v) is 3.66. The first-order valence-electron chi connectivity index (χ1n) is 6.40. The van der Waals surface area contributed by atoms with Gasteiger partial charge in [0.05, 0.1) is 7.11 Å². The molecule has 1 aromatic carbocycles. The van der Waals surface area contributed by atoms with Gasteiger partial charge in [-0.25, -0.2) is 0 Å². The van der Waals surface area contributed by atoms with E-state index in [1.165, 1.54) is 17.5 Å². The quantitative estimate of drug-likeness (QED) is 0.843. The van der Waals surface area contributed by atoms with Crippen molar-refractivity contribution in [2.24, 2.45) is 11.7 Å². The summed E-state index contributed by atoms with van der Waals surface area (Å²) >= 11 is 0. The first-order chi connectivity index (χ1) is 8.01. The Balaban J connectivity index is 3.01. The maximum absolute atomic E-state index is 6.29. The highest BCUT2D eigenvalue weighted by molar-refractivity contribution is 5.46. The van der Waals surface area contributed by atoms with Gasteiger partial charge in [-0.15, -0.1) is 0 Å². The van der Waals surface area contributed by atoms with Crippen LogP contribution < -0.4 is 10.5 Å². The molecule has 2 nitrogen and oxygen atoms in total. The second kappa shape index (κ2) is 6.06. The normalized spacial score (nSPS) is 14.5. The molecule has 0 aromatic heterocycles. The first-order valence-corrected chi connectivity index (χ1v) is 6.40. The summed E-state index contributed by atoms with van der Waals surface area (Å²) < 4.78 is 5.51. The maximum Gasteiger partial charge on any atom is 0.126 e. The van der Waals surface area contributed by atoms with E-state index in [1.54, 1.807) is 7.11 Å². The van der Waals surface area contributed by atoms with E-state index in [0.717, 1.165) is 17.7 Å². The molecular weight excluding hydrogens is 210 g/mol. The summed E-state index contributed by atoms with van der Waals surface area (Å²) in [6, 6.07) is 4.30. The zero-order valence-electron chi connectivity index (χ0n) is 11.7. The predicted octanol–water partition coefficient (Wildman–Crippen LogP) is 3.75. The van der Waals surface area contributed by atoms with Crippen LogP contribution in [0.4, 0.5) is 0 Å². The molecule has 0 amide bonds. The van der Waals surface area contributed by atoms with E-state index >= 15 is 0 Å². The van der Waals surface area contributed by atoms with Crippen LogP contribution in [0.25, 0.3) is 0 Å². The summed E-state index contributed by atoms with van der Waals surface area (Å²) in [5.74, 6) is 1.61. The Morgan fingerprint density at radius 2 is 1.94 bits per heavy atom. The monoisotopic (exact) mass is 235 g/mol. The molecule has 1 aromatic rings. The zero-order valence-corrected chi connectivity index (χ0v) is 11.7. The summed E-state index contributed by atoms with van der Waals surface area (Å²) in [6.07, 6.45) is 2.18. The average molecular weight is 235 g/mol. The van der Waals surface area contributed by atoms with Gasteiger partial charge in [-0.3, -0.25) is 0 Å². The van der Waals surface area contributed by atoms with Gasteiger partial charge >= 0.3 is 0 Å². The molecule has 2 atom stereocenters. The number of methoxy groups -OCH3 is 1. The van der Waals surface area contributed by atoms with Crippen LogP contribution >= 0.6 is 0 Å². The van der Waals surface area contributed by atoms with Crippen LogP contribution in [-0.2, 0) is 0 Å². The molecule has 0 heterocycles. The van der Waals surface area contributed by atoms with Crippen molar-refractivity contribution in [2.75, 3.05) is 7.11 Å². The minimum absolute atomic E-state index is 0.0687.